The summed E-state index contributed by atoms with van der Waals surface area (Å²) in [5, 5.41) is 3.69. The monoisotopic (exact) mass is 260 g/mol. The number of nitrogens with zero attached hydrogens (tertiary/aromatic N) is 1. The first-order valence-corrected chi connectivity index (χ1v) is 7.77. The topological polar surface area (TPSA) is 15.3 Å². The lowest BCUT2D eigenvalue weighted by atomic mass is 10.1. The molecule has 2 rings (SSSR count). The van der Waals surface area contributed by atoms with Crippen molar-refractivity contribution in [3.63, 3.8) is 0 Å². The summed E-state index contributed by atoms with van der Waals surface area (Å²) in [4.78, 5) is 2.63. The van der Waals surface area contributed by atoms with Crippen molar-refractivity contribution in [3.8, 4) is 0 Å². The van der Waals surface area contributed by atoms with Crippen LogP contribution in [0.4, 0.5) is 0 Å². The zero-order chi connectivity index (χ0) is 13.5. The molecule has 1 aromatic carbocycles. The molecule has 1 aliphatic rings. The number of benzene rings is 1. The van der Waals surface area contributed by atoms with Crippen LogP contribution in [0, 0.1) is 0 Å². The van der Waals surface area contributed by atoms with Gasteiger partial charge in [0, 0.05) is 18.6 Å². The highest BCUT2D eigenvalue weighted by Gasteiger charge is 2.16. The minimum Gasteiger partial charge on any atom is -0.312 e. The van der Waals surface area contributed by atoms with Gasteiger partial charge in [0.05, 0.1) is 0 Å². The van der Waals surface area contributed by atoms with Gasteiger partial charge in [-0.05, 0) is 51.8 Å². The minimum atomic E-state index is 0.551. The van der Waals surface area contributed by atoms with E-state index in [1.54, 1.807) is 0 Å². The Labute approximate surface area is 118 Å². The molecule has 19 heavy (non-hydrogen) atoms. The molecular weight excluding hydrogens is 232 g/mol. The largest absolute Gasteiger partial charge is 0.312 e. The van der Waals surface area contributed by atoms with Crippen LogP contribution >= 0.6 is 0 Å². The van der Waals surface area contributed by atoms with Gasteiger partial charge in [-0.25, -0.2) is 0 Å². The van der Waals surface area contributed by atoms with Crippen molar-refractivity contribution in [1.82, 2.24) is 10.2 Å². The van der Waals surface area contributed by atoms with Crippen molar-refractivity contribution in [2.24, 2.45) is 0 Å². The Kier molecular flexibility index (Phi) is 5.87. The SMILES string of the molecule is CC(Cc1ccccc1)NCC(C)N1CCCCC1. The van der Waals surface area contributed by atoms with Gasteiger partial charge in [0.15, 0.2) is 0 Å². The van der Waals surface area contributed by atoms with E-state index in [1.165, 1.54) is 37.9 Å². The summed E-state index contributed by atoms with van der Waals surface area (Å²) in [7, 11) is 0. The van der Waals surface area contributed by atoms with Crippen molar-refractivity contribution in [1.29, 1.82) is 0 Å². The second-order valence-corrected chi connectivity index (χ2v) is 5.94. The van der Waals surface area contributed by atoms with E-state index in [-0.39, 0.29) is 0 Å². The molecule has 1 aromatic rings. The van der Waals surface area contributed by atoms with Gasteiger partial charge in [-0.1, -0.05) is 36.8 Å². The first-order valence-electron chi connectivity index (χ1n) is 7.77. The van der Waals surface area contributed by atoms with Gasteiger partial charge >= 0.3 is 0 Å². The molecule has 0 aliphatic carbocycles. The van der Waals surface area contributed by atoms with Crippen molar-refractivity contribution in [2.75, 3.05) is 19.6 Å². The molecule has 106 valence electrons. The first kappa shape index (κ1) is 14.5. The molecule has 0 saturated carbocycles. The van der Waals surface area contributed by atoms with E-state index in [0.717, 1.165) is 13.0 Å². The van der Waals surface area contributed by atoms with E-state index < -0.39 is 0 Å². The van der Waals surface area contributed by atoms with Crippen molar-refractivity contribution >= 4 is 0 Å². The molecule has 2 heteroatoms. The quantitative estimate of drug-likeness (QED) is 0.845. The van der Waals surface area contributed by atoms with Gasteiger partial charge in [0.25, 0.3) is 0 Å². The van der Waals surface area contributed by atoms with Gasteiger partial charge in [-0.15, -0.1) is 0 Å². The Hall–Kier alpha value is -0.860. The van der Waals surface area contributed by atoms with Gasteiger partial charge in [0.1, 0.15) is 0 Å². The van der Waals surface area contributed by atoms with Crippen LogP contribution in [0.15, 0.2) is 30.3 Å². The molecule has 2 nitrogen and oxygen atoms in total. The lowest BCUT2D eigenvalue weighted by Gasteiger charge is -2.33. The Morgan fingerprint density at radius 3 is 2.42 bits per heavy atom. The maximum atomic E-state index is 3.69. The summed E-state index contributed by atoms with van der Waals surface area (Å²) in [5.74, 6) is 0. The fraction of sp³-hybridized carbons (Fsp3) is 0.647. The summed E-state index contributed by atoms with van der Waals surface area (Å²) in [6.45, 7) is 8.32. The molecule has 1 saturated heterocycles. The highest BCUT2D eigenvalue weighted by atomic mass is 15.2. The average molecular weight is 260 g/mol. The molecule has 1 aliphatic heterocycles. The predicted molar refractivity (Wildman–Crippen MR) is 82.5 cm³/mol. The summed E-state index contributed by atoms with van der Waals surface area (Å²) in [5.41, 5.74) is 1.42. The smallest absolute Gasteiger partial charge is 0.0192 e. The number of hydrogen-bond donors (Lipinski definition) is 1. The third-order valence-electron chi connectivity index (χ3n) is 4.16. The standard InChI is InChI=1S/C17H28N2/c1-15(13-17-9-5-3-6-10-17)18-14-16(2)19-11-7-4-8-12-19/h3,5-6,9-10,15-16,18H,4,7-8,11-14H2,1-2H3. The molecule has 0 aromatic heterocycles. The van der Waals surface area contributed by atoms with Gasteiger partial charge < -0.3 is 5.32 Å². The highest BCUT2D eigenvalue weighted by molar-refractivity contribution is 5.15. The summed E-state index contributed by atoms with van der Waals surface area (Å²) < 4.78 is 0. The van der Waals surface area contributed by atoms with Crippen molar-refractivity contribution in [2.45, 2.75) is 51.6 Å². The number of nitrogens with one attached hydrogen (secondary N) is 1. The van der Waals surface area contributed by atoms with E-state index in [2.05, 4.69) is 54.4 Å². The van der Waals surface area contributed by atoms with Crippen LogP contribution in [0.2, 0.25) is 0 Å². The molecular formula is C17H28N2. The first-order chi connectivity index (χ1) is 9.25. The molecule has 1 heterocycles. The average Bonchev–Trinajstić information content (AvgIpc) is 2.47. The maximum Gasteiger partial charge on any atom is 0.0192 e. The molecule has 2 atom stereocenters. The fourth-order valence-corrected chi connectivity index (χ4v) is 2.90. The van der Waals surface area contributed by atoms with Crippen LogP contribution in [0.5, 0.6) is 0 Å². The molecule has 2 unspecified atom stereocenters. The van der Waals surface area contributed by atoms with Crippen LogP contribution in [-0.2, 0) is 6.42 Å². The molecule has 1 N–H and O–H groups in total. The van der Waals surface area contributed by atoms with Crippen molar-refractivity contribution < 1.29 is 0 Å². The van der Waals surface area contributed by atoms with Crippen LogP contribution in [0.25, 0.3) is 0 Å². The second-order valence-electron chi connectivity index (χ2n) is 5.94. The van der Waals surface area contributed by atoms with Gasteiger partial charge in [-0.2, -0.15) is 0 Å². The fourth-order valence-electron chi connectivity index (χ4n) is 2.90. The predicted octanol–water partition coefficient (Wildman–Crippen LogP) is 3.08. The highest BCUT2D eigenvalue weighted by Crippen LogP contribution is 2.11. The third-order valence-corrected chi connectivity index (χ3v) is 4.16. The number of hydrogen-bond acceptors (Lipinski definition) is 2. The zero-order valence-corrected chi connectivity index (χ0v) is 12.4. The van der Waals surface area contributed by atoms with Crippen molar-refractivity contribution in [3.05, 3.63) is 35.9 Å². The van der Waals surface area contributed by atoms with E-state index in [9.17, 15) is 0 Å². The third kappa shape index (κ3) is 4.96. The Morgan fingerprint density at radius 2 is 1.74 bits per heavy atom. The van der Waals surface area contributed by atoms with E-state index in [1.807, 2.05) is 0 Å². The summed E-state index contributed by atoms with van der Waals surface area (Å²) in [6.07, 6.45) is 5.29. The molecule has 0 amide bonds. The summed E-state index contributed by atoms with van der Waals surface area (Å²) >= 11 is 0. The van der Waals surface area contributed by atoms with Crippen LogP contribution in [-0.4, -0.2) is 36.6 Å². The Balaban J connectivity index is 1.69. The van der Waals surface area contributed by atoms with Crippen LogP contribution in [0.1, 0.15) is 38.7 Å². The second kappa shape index (κ2) is 7.66. The lowest BCUT2D eigenvalue weighted by molar-refractivity contribution is 0.168. The Morgan fingerprint density at radius 1 is 1.05 bits per heavy atom. The van der Waals surface area contributed by atoms with E-state index in [4.69, 9.17) is 0 Å². The minimum absolute atomic E-state index is 0.551. The molecule has 0 spiro atoms. The normalized spacial score (nSPS) is 20.1. The van der Waals surface area contributed by atoms with E-state index in [0.29, 0.717) is 12.1 Å². The van der Waals surface area contributed by atoms with E-state index >= 15 is 0 Å². The van der Waals surface area contributed by atoms with Crippen LogP contribution < -0.4 is 5.32 Å². The molecule has 0 radical (unpaired) electrons. The maximum absolute atomic E-state index is 3.69. The number of rotatable bonds is 6. The molecule has 1 fully saturated rings. The summed E-state index contributed by atoms with van der Waals surface area (Å²) in [6, 6.07) is 12.0. The Bertz CT molecular complexity index is 344. The number of piperidine rings is 1. The van der Waals surface area contributed by atoms with Crippen LogP contribution in [0.3, 0.4) is 0 Å². The lowest BCUT2D eigenvalue weighted by Crippen LogP contribution is -2.45. The molecule has 0 bridgehead atoms. The van der Waals surface area contributed by atoms with Gasteiger partial charge in [0.2, 0.25) is 0 Å². The number of likely N-dealkylation sites (tertiary alicyclic amines) is 1. The van der Waals surface area contributed by atoms with Gasteiger partial charge in [-0.3, -0.25) is 4.90 Å². The zero-order valence-electron chi connectivity index (χ0n) is 12.4.